The lowest BCUT2D eigenvalue weighted by Gasteiger charge is -2.13. The van der Waals surface area contributed by atoms with Gasteiger partial charge >= 0.3 is 0 Å². The summed E-state index contributed by atoms with van der Waals surface area (Å²) in [5, 5.41) is 4.44. The summed E-state index contributed by atoms with van der Waals surface area (Å²) in [5.41, 5.74) is 5.18. The Hall–Kier alpha value is -3.41. The summed E-state index contributed by atoms with van der Waals surface area (Å²) in [6.07, 6.45) is 7.67. The van der Waals surface area contributed by atoms with Gasteiger partial charge in [0.15, 0.2) is 0 Å². The van der Waals surface area contributed by atoms with Crippen LogP contribution < -0.4 is 10.2 Å². The highest BCUT2D eigenvalue weighted by Crippen LogP contribution is 2.31. The number of hydrogen-bond acceptors (Lipinski definition) is 5. The van der Waals surface area contributed by atoms with Crippen LogP contribution in [-0.2, 0) is 0 Å². The van der Waals surface area contributed by atoms with Crippen molar-refractivity contribution in [3.05, 3.63) is 61.2 Å². The lowest BCUT2D eigenvalue weighted by Crippen LogP contribution is -2.08. The molecule has 28 heavy (non-hydrogen) atoms. The summed E-state index contributed by atoms with van der Waals surface area (Å²) in [5.74, 6) is 0.578. The molecule has 142 valence electrons. The van der Waals surface area contributed by atoms with Crippen LogP contribution in [0.2, 0.25) is 0 Å². The molecule has 0 bridgehead atoms. The summed E-state index contributed by atoms with van der Waals surface area (Å²) in [7, 11) is 4.05. The van der Waals surface area contributed by atoms with Crippen molar-refractivity contribution in [1.82, 2.24) is 19.5 Å². The first-order chi connectivity index (χ1) is 13.5. The molecule has 0 spiro atoms. The van der Waals surface area contributed by atoms with Gasteiger partial charge in [-0.3, -0.25) is 4.98 Å². The number of aromatic nitrogens is 4. The minimum atomic E-state index is 0.343. The van der Waals surface area contributed by atoms with E-state index in [2.05, 4.69) is 56.9 Å². The third kappa shape index (κ3) is 3.41. The quantitative estimate of drug-likeness (QED) is 0.541. The van der Waals surface area contributed by atoms with E-state index in [-0.39, 0.29) is 0 Å². The Morgan fingerprint density at radius 1 is 1.00 bits per heavy atom. The van der Waals surface area contributed by atoms with Gasteiger partial charge in [-0.1, -0.05) is 0 Å². The molecule has 4 rings (SSSR count). The van der Waals surface area contributed by atoms with E-state index in [1.54, 1.807) is 6.20 Å². The molecule has 6 heteroatoms. The van der Waals surface area contributed by atoms with E-state index in [1.165, 1.54) is 0 Å². The van der Waals surface area contributed by atoms with Crippen LogP contribution in [0.15, 0.2) is 61.2 Å². The third-order valence-corrected chi connectivity index (χ3v) is 4.76. The largest absolute Gasteiger partial charge is 0.378 e. The molecule has 1 aromatic carbocycles. The van der Waals surface area contributed by atoms with Crippen LogP contribution in [-0.4, -0.2) is 33.6 Å². The minimum Gasteiger partial charge on any atom is -0.378 e. The van der Waals surface area contributed by atoms with Crippen LogP contribution in [0.25, 0.3) is 22.2 Å². The van der Waals surface area contributed by atoms with Crippen LogP contribution in [0, 0.1) is 0 Å². The van der Waals surface area contributed by atoms with Gasteiger partial charge in [0.1, 0.15) is 0 Å². The van der Waals surface area contributed by atoms with Crippen molar-refractivity contribution in [2.45, 2.75) is 19.9 Å². The van der Waals surface area contributed by atoms with Gasteiger partial charge in [0.05, 0.1) is 17.4 Å². The molecule has 0 aliphatic carbocycles. The van der Waals surface area contributed by atoms with E-state index in [9.17, 15) is 0 Å². The first-order valence-electron chi connectivity index (χ1n) is 9.35. The van der Waals surface area contributed by atoms with Crippen molar-refractivity contribution in [3.8, 4) is 11.3 Å². The summed E-state index contributed by atoms with van der Waals surface area (Å²) in [4.78, 5) is 15.5. The average molecular weight is 372 g/mol. The molecule has 0 radical (unpaired) electrons. The molecule has 0 unspecified atom stereocenters. The fraction of sp³-hybridized carbons (Fsp3) is 0.227. The Morgan fingerprint density at radius 3 is 2.50 bits per heavy atom. The van der Waals surface area contributed by atoms with E-state index in [1.807, 2.05) is 50.8 Å². The smallest absolute Gasteiger partial charge is 0.227 e. The van der Waals surface area contributed by atoms with Gasteiger partial charge in [0, 0.05) is 61.1 Å². The molecule has 6 nitrogen and oxygen atoms in total. The highest BCUT2D eigenvalue weighted by atomic mass is 15.1. The fourth-order valence-electron chi connectivity index (χ4n) is 3.27. The number of nitrogens with one attached hydrogen (secondary N) is 1. The number of benzene rings is 1. The Morgan fingerprint density at radius 2 is 1.79 bits per heavy atom. The molecule has 0 saturated carbocycles. The maximum absolute atomic E-state index is 4.75. The predicted octanol–water partition coefficient (Wildman–Crippen LogP) is 4.88. The van der Waals surface area contributed by atoms with Crippen molar-refractivity contribution < 1.29 is 0 Å². The van der Waals surface area contributed by atoms with Crippen molar-refractivity contribution in [1.29, 1.82) is 0 Å². The summed E-state index contributed by atoms with van der Waals surface area (Å²) < 4.78 is 2.23. The minimum absolute atomic E-state index is 0.343. The molecule has 1 N–H and O–H groups in total. The van der Waals surface area contributed by atoms with Crippen LogP contribution in [0.1, 0.15) is 19.9 Å². The third-order valence-electron chi connectivity index (χ3n) is 4.76. The first-order valence-corrected chi connectivity index (χ1v) is 9.35. The molecular weight excluding hydrogens is 348 g/mol. The first kappa shape index (κ1) is 18.0. The summed E-state index contributed by atoms with van der Waals surface area (Å²) in [6.45, 7) is 4.33. The normalized spacial score (nSPS) is 11.2. The average Bonchev–Trinajstić information content (AvgIpc) is 3.09. The van der Waals surface area contributed by atoms with Crippen molar-refractivity contribution in [2.75, 3.05) is 24.3 Å². The van der Waals surface area contributed by atoms with Crippen LogP contribution in [0.5, 0.6) is 0 Å². The molecule has 0 fully saturated rings. The Bertz CT molecular complexity index is 1100. The molecule has 3 heterocycles. The number of hydrogen-bond donors (Lipinski definition) is 1. The van der Waals surface area contributed by atoms with Crippen LogP contribution >= 0.6 is 0 Å². The predicted molar refractivity (Wildman–Crippen MR) is 115 cm³/mol. The molecular formula is C22H24N6. The van der Waals surface area contributed by atoms with Gasteiger partial charge in [-0.05, 0) is 50.2 Å². The number of fused-ring (bicyclic) bond motifs is 1. The zero-order valence-electron chi connectivity index (χ0n) is 16.6. The molecule has 4 aromatic rings. The highest BCUT2D eigenvalue weighted by molar-refractivity contribution is 5.94. The van der Waals surface area contributed by atoms with Gasteiger partial charge in [-0.2, -0.15) is 0 Å². The number of nitrogens with zero attached hydrogens (tertiary/aromatic N) is 5. The monoisotopic (exact) mass is 372 g/mol. The standard InChI is InChI=1S/C22H24N6/c1-15(2)28-14-19(18-9-11-23-13-21(18)28)20-10-12-24-22(26-20)25-16-5-7-17(8-6-16)27(3)4/h5-15H,1-4H3,(H,24,25,26). The van der Waals surface area contributed by atoms with Gasteiger partial charge in [-0.15, -0.1) is 0 Å². The Kier molecular flexibility index (Phi) is 4.69. The second-order valence-electron chi connectivity index (χ2n) is 7.27. The maximum atomic E-state index is 4.75. The molecule has 0 aliphatic heterocycles. The van der Waals surface area contributed by atoms with Crippen molar-refractivity contribution in [2.24, 2.45) is 0 Å². The Labute approximate surface area is 164 Å². The number of pyridine rings is 1. The van der Waals surface area contributed by atoms with Gasteiger partial charge in [0.25, 0.3) is 0 Å². The second kappa shape index (κ2) is 7.31. The van der Waals surface area contributed by atoms with Gasteiger partial charge in [0.2, 0.25) is 5.95 Å². The van der Waals surface area contributed by atoms with Gasteiger partial charge < -0.3 is 14.8 Å². The van der Waals surface area contributed by atoms with E-state index >= 15 is 0 Å². The van der Waals surface area contributed by atoms with Crippen LogP contribution in [0.3, 0.4) is 0 Å². The topological polar surface area (TPSA) is 58.9 Å². The zero-order valence-corrected chi connectivity index (χ0v) is 16.6. The summed E-state index contributed by atoms with van der Waals surface area (Å²) in [6, 6.07) is 12.5. The van der Waals surface area contributed by atoms with E-state index < -0.39 is 0 Å². The number of rotatable bonds is 5. The highest BCUT2D eigenvalue weighted by Gasteiger charge is 2.14. The molecule has 0 atom stereocenters. The molecule has 0 saturated heterocycles. The Balaban J connectivity index is 1.69. The van der Waals surface area contributed by atoms with Crippen molar-refractivity contribution >= 4 is 28.2 Å². The van der Waals surface area contributed by atoms with Crippen molar-refractivity contribution in [3.63, 3.8) is 0 Å². The molecule has 0 aliphatic rings. The zero-order chi connectivity index (χ0) is 19.7. The maximum Gasteiger partial charge on any atom is 0.227 e. The molecule has 0 amide bonds. The lowest BCUT2D eigenvalue weighted by molar-refractivity contribution is 0.622. The van der Waals surface area contributed by atoms with Crippen LogP contribution in [0.4, 0.5) is 17.3 Å². The van der Waals surface area contributed by atoms with E-state index in [0.29, 0.717) is 12.0 Å². The van der Waals surface area contributed by atoms with Gasteiger partial charge in [-0.25, -0.2) is 9.97 Å². The SMILES string of the molecule is CC(C)n1cc(-c2ccnc(Nc3ccc(N(C)C)cc3)n2)c2ccncc21. The van der Waals surface area contributed by atoms with E-state index in [0.717, 1.165) is 33.5 Å². The fourth-order valence-corrected chi connectivity index (χ4v) is 3.27. The number of anilines is 3. The molecule has 3 aromatic heterocycles. The lowest BCUT2D eigenvalue weighted by atomic mass is 10.1. The van der Waals surface area contributed by atoms with E-state index in [4.69, 9.17) is 4.98 Å². The second-order valence-corrected chi connectivity index (χ2v) is 7.27. The summed E-state index contributed by atoms with van der Waals surface area (Å²) >= 11 is 0.